The first kappa shape index (κ1) is 18.9. The van der Waals surface area contributed by atoms with E-state index in [0.717, 1.165) is 22.6 Å². The van der Waals surface area contributed by atoms with Crippen LogP contribution in [0.1, 0.15) is 34.6 Å². The summed E-state index contributed by atoms with van der Waals surface area (Å²) in [5.74, 6) is 0.385. The highest BCUT2D eigenvalue weighted by Crippen LogP contribution is 2.13. The van der Waals surface area contributed by atoms with Crippen LogP contribution in [-0.4, -0.2) is 22.4 Å². The molecule has 6 heteroatoms. The lowest BCUT2D eigenvalue weighted by atomic mass is 10.1. The van der Waals surface area contributed by atoms with E-state index in [0.29, 0.717) is 18.1 Å². The van der Waals surface area contributed by atoms with Gasteiger partial charge in [-0.2, -0.15) is 0 Å². The number of rotatable bonds is 7. The van der Waals surface area contributed by atoms with Crippen molar-refractivity contribution in [1.29, 1.82) is 0 Å². The van der Waals surface area contributed by atoms with Crippen LogP contribution in [0.5, 0.6) is 0 Å². The molecular weight excluding hydrogens is 360 g/mol. The van der Waals surface area contributed by atoms with Crippen molar-refractivity contribution >= 4 is 23.3 Å². The normalized spacial score (nSPS) is 11.6. The van der Waals surface area contributed by atoms with E-state index in [9.17, 15) is 4.79 Å². The Bertz CT molecular complexity index is 901. The Balaban J connectivity index is 1.57. The molecule has 138 valence electrons. The minimum atomic E-state index is -0.230. The first-order chi connectivity index (χ1) is 13.1. The Morgan fingerprint density at radius 2 is 1.89 bits per heavy atom. The minimum absolute atomic E-state index is 0.104. The molecule has 0 aliphatic heterocycles. The van der Waals surface area contributed by atoms with Gasteiger partial charge < -0.3 is 10.6 Å². The van der Waals surface area contributed by atoms with Crippen molar-refractivity contribution in [2.45, 2.75) is 19.4 Å². The maximum Gasteiger partial charge on any atom is 0.270 e. The molecule has 0 fully saturated rings. The zero-order chi connectivity index (χ0) is 19.1. The van der Waals surface area contributed by atoms with Crippen LogP contribution in [0.15, 0.2) is 67.0 Å². The van der Waals surface area contributed by atoms with E-state index in [-0.39, 0.29) is 11.9 Å². The molecule has 0 radical (unpaired) electrons. The molecule has 3 rings (SSSR count). The molecule has 2 N–H and O–H groups in total. The average Bonchev–Trinajstić information content (AvgIpc) is 2.69. The Hall–Kier alpha value is -2.92. The standard InChI is InChI=1S/C21H21ClN4O/c1-15(17-7-3-2-4-8-17)26-21(27)19-13-20(25-14-24-19)23-11-10-16-6-5-9-18(22)12-16/h2-9,12-15H,10-11H2,1H3,(H,26,27)(H,23,24,25). The predicted molar refractivity (Wildman–Crippen MR) is 108 cm³/mol. The van der Waals surface area contributed by atoms with Gasteiger partial charge in [-0.15, -0.1) is 0 Å². The molecule has 5 nitrogen and oxygen atoms in total. The first-order valence-electron chi connectivity index (χ1n) is 8.78. The first-order valence-corrected chi connectivity index (χ1v) is 9.16. The summed E-state index contributed by atoms with van der Waals surface area (Å²) in [6, 6.07) is 19.1. The molecule has 0 aliphatic carbocycles. The van der Waals surface area contributed by atoms with Gasteiger partial charge in [0.15, 0.2) is 0 Å². The van der Waals surface area contributed by atoms with Crippen LogP contribution in [0.3, 0.4) is 0 Å². The van der Waals surface area contributed by atoms with E-state index in [1.165, 1.54) is 6.33 Å². The monoisotopic (exact) mass is 380 g/mol. The van der Waals surface area contributed by atoms with E-state index in [4.69, 9.17) is 11.6 Å². The molecule has 27 heavy (non-hydrogen) atoms. The van der Waals surface area contributed by atoms with Crippen LogP contribution in [-0.2, 0) is 6.42 Å². The fraction of sp³-hybridized carbons (Fsp3) is 0.190. The van der Waals surface area contributed by atoms with E-state index >= 15 is 0 Å². The summed E-state index contributed by atoms with van der Waals surface area (Å²) < 4.78 is 0. The average molecular weight is 381 g/mol. The number of hydrogen-bond acceptors (Lipinski definition) is 4. The van der Waals surface area contributed by atoms with Gasteiger partial charge >= 0.3 is 0 Å². The molecule has 0 aliphatic rings. The van der Waals surface area contributed by atoms with Crippen LogP contribution in [0.25, 0.3) is 0 Å². The summed E-state index contributed by atoms with van der Waals surface area (Å²) >= 11 is 6.00. The number of aromatic nitrogens is 2. The summed E-state index contributed by atoms with van der Waals surface area (Å²) in [4.78, 5) is 20.7. The highest BCUT2D eigenvalue weighted by molar-refractivity contribution is 6.30. The SMILES string of the molecule is CC(NC(=O)c1cc(NCCc2cccc(Cl)c2)ncn1)c1ccccc1. The number of carbonyl (C=O) groups is 1. The van der Waals surface area contributed by atoms with Crippen LogP contribution >= 0.6 is 11.6 Å². The highest BCUT2D eigenvalue weighted by atomic mass is 35.5. The zero-order valence-corrected chi connectivity index (χ0v) is 15.8. The van der Waals surface area contributed by atoms with Crippen LogP contribution in [0.2, 0.25) is 5.02 Å². The molecule has 0 bridgehead atoms. The fourth-order valence-electron chi connectivity index (χ4n) is 2.70. The minimum Gasteiger partial charge on any atom is -0.370 e. The molecule has 3 aromatic rings. The van der Waals surface area contributed by atoms with Gasteiger partial charge in [-0.1, -0.05) is 54.1 Å². The van der Waals surface area contributed by atoms with Gasteiger partial charge in [-0.3, -0.25) is 4.79 Å². The maximum absolute atomic E-state index is 12.5. The molecule has 1 amide bonds. The lowest BCUT2D eigenvalue weighted by molar-refractivity contribution is 0.0934. The van der Waals surface area contributed by atoms with E-state index in [2.05, 4.69) is 20.6 Å². The summed E-state index contributed by atoms with van der Waals surface area (Å²) in [6.45, 7) is 2.62. The van der Waals surface area contributed by atoms with Crippen molar-refractivity contribution in [3.63, 3.8) is 0 Å². The second-order valence-electron chi connectivity index (χ2n) is 6.20. The number of amides is 1. The van der Waals surface area contributed by atoms with Crippen LogP contribution in [0, 0.1) is 0 Å². The summed E-state index contributed by atoms with van der Waals surface area (Å²) in [7, 11) is 0. The highest BCUT2D eigenvalue weighted by Gasteiger charge is 2.13. The topological polar surface area (TPSA) is 66.9 Å². The van der Waals surface area contributed by atoms with E-state index in [1.54, 1.807) is 6.07 Å². The molecule has 0 saturated heterocycles. The lowest BCUT2D eigenvalue weighted by Crippen LogP contribution is -2.27. The molecule has 0 saturated carbocycles. The number of hydrogen-bond donors (Lipinski definition) is 2. The summed E-state index contributed by atoms with van der Waals surface area (Å²) in [5.41, 5.74) is 2.51. The molecule has 0 spiro atoms. The predicted octanol–water partition coefficient (Wildman–Crippen LogP) is 4.28. The van der Waals surface area contributed by atoms with Gasteiger partial charge in [0.25, 0.3) is 5.91 Å². The van der Waals surface area contributed by atoms with Gasteiger partial charge in [0.1, 0.15) is 17.8 Å². The third-order valence-corrected chi connectivity index (χ3v) is 4.39. The molecule has 1 atom stereocenters. The number of nitrogens with zero attached hydrogens (tertiary/aromatic N) is 2. The third-order valence-electron chi connectivity index (χ3n) is 4.16. The maximum atomic E-state index is 12.5. The van der Waals surface area contributed by atoms with Gasteiger partial charge in [0.05, 0.1) is 6.04 Å². The van der Waals surface area contributed by atoms with E-state index < -0.39 is 0 Å². The Morgan fingerprint density at radius 1 is 1.07 bits per heavy atom. The van der Waals surface area contributed by atoms with Gasteiger partial charge in [0.2, 0.25) is 0 Å². The molecule has 2 aromatic carbocycles. The van der Waals surface area contributed by atoms with Crippen LogP contribution in [0.4, 0.5) is 5.82 Å². The molecular formula is C21H21ClN4O. The fourth-order valence-corrected chi connectivity index (χ4v) is 2.91. The van der Waals surface area contributed by atoms with Gasteiger partial charge in [-0.05, 0) is 36.6 Å². The Kier molecular flexibility index (Phi) is 6.39. The van der Waals surface area contributed by atoms with Crippen molar-refractivity contribution in [1.82, 2.24) is 15.3 Å². The zero-order valence-electron chi connectivity index (χ0n) is 15.0. The quantitative estimate of drug-likeness (QED) is 0.642. The van der Waals surface area contributed by atoms with Crippen molar-refractivity contribution in [2.24, 2.45) is 0 Å². The van der Waals surface area contributed by atoms with Crippen molar-refractivity contribution in [3.05, 3.63) is 88.8 Å². The molecule has 1 aromatic heterocycles. The molecule has 1 unspecified atom stereocenters. The van der Waals surface area contributed by atoms with Crippen molar-refractivity contribution < 1.29 is 4.79 Å². The number of carbonyl (C=O) groups excluding carboxylic acids is 1. The largest absolute Gasteiger partial charge is 0.370 e. The van der Waals surface area contributed by atoms with Gasteiger partial charge in [-0.25, -0.2) is 9.97 Å². The summed E-state index contributed by atoms with van der Waals surface area (Å²) in [5, 5.41) is 6.90. The van der Waals surface area contributed by atoms with Crippen molar-refractivity contribution in [2.75, 3.05) is 11.9 Å². The van der Waals surface area contributed by atoms with Gasteiger partial charge in [0, 0.05) is 17.6 Å². The number of nitrogens with one attached hydrogen (secondary N) is 2. The number of benzene rings is 2. The van der Waals surface area contributed by atoms with Crippen molar-refractivity contribution in [3.8, 4) is 0 Å². The second kappa shape index (κ2) is 9.14. The number of anilines is 1. The third kappa shape index (κ3) is 5.53. The second-order valence-corrected chi connectivity index (χ2v) is 6.64. The Labute approximate surface area is 163 Å². The Morgan fingerprint density at radius 3 is 2.67 bits per heavy atom. The smallest absolute Gasteiger partial charge is 0.270 e. The summed E-state index contributed by atoms with van der Waals surface area (Å²) in [6.07, 6.45) is 2.20. The van der Waals surface area contributed by atoms with E-state index in [1.807, 2.05) is 61.5 Å². The lowest BCUT2D eigenvalue weighted by Gasteiger charge is -2.14. The van der Waals surface area contributed by atoms with Crippen LogP contribution < -0.4 is 10.6 Å². The number of halogens is 1. The molecule has 1 heterocycles.